The van der Waals surface area contributed by atoms with Gasteiger partial charge in [-0.1, -0.05) is 30.3 Å². The van der Waals surface area contributed by atoms with E-state index >= 15 is 0 Å². The van der Waals surface area contributed by atoms with Gasteiger partial charge in [0.05, 0.1) is 12.1 Å². The van der Waals surface area contributed by atoms with Crippen LogP contribution >= 0.6 is 12.6 Å². The summed E-state index contributed by atoms with van der Waals surface area (Å²) in [7, 11) is 0. The molecular formula is C21H31N5O7S. The molecule has 0 saturated carbocycles. The number of carbonyl (C=O) groups excluding carboxylic acids is 4. The zero-order valence-electron chi connectivity index (χ0n) is 18.6. The van der Waals surface area contributed by atoms with Crippen molar-refractivity contribution in [2.75, 3.05) is 5.75 Å². The Labute approximate surface area is 202 Å². The number of benzene rings is 1. The Morgan fingerprint density at radius 1 is 0.971 bits per heavy atom. The Hall–Kier alpha value is -3.16. The van der Waals surface area contributed by atoms with Crippen LogP contribution < -0.4 is 27.4 Å². The first kappa shape index (κ1) is 28.9. The van der Waals surface area contributed by atoms with Crippen molar-refractivity contribution in [1.29, 1.82) is 0 Å². The van der Waals surface area contributed by atoms with E-state index in [9.17, 15) is 34.2 Å². The van der Waals surface area contributed by atoms with Crippen LogP contribution in [0.1, 0.15) is 25.3 Å². The number of nitrogens with two attached hydrogens (primary N) is 2. The van der Waals surface area contributed by atoms with Crippen molar-refractivity contribution in [2.45, 2.75) is 56.5 Å². The molecule has 13 heteroatoms. The molecular weight excluding hydrogens is 466 g/mol. The fraction of sp³-hybridized carbons (Fsp3) is 0.476. The zero-order valence-corrected chi connectivity index (χ0v) is 19.5. The minimum Gasteiger partial charge on any atom is -0.480 e. The Morgan fingerprint density at radius 3 is 2.06 bits per heavy atom. The van der Waals surface area contributed by atoms with Gasteiger partial charge >= 0.3 is 5.97 Å². The van der Waals surface area contributed by atoms with E-state index in [-0.39, 0.29) is 25.0 Å². The molecule has 0 aromatic heterocycles. The summed E-state index contributed by atoms with van der Waals surface area (Å²) in [5.41, 5.74) is 11.7. The van der Waals surface area contributed by atoms with Crippen molar-refractivity contribution < 1.29 is 34.2 Å². The number of carboxylic acid groups (broad SMARTS) is 1. The molecule has 1 rings (SSSR count). The highest BCUT2D eigenvalue weighted by Gasteiger charge is 2.32. The lowest BCUT2D eigenvalue weighted by atomic mass is 10.0. The number of hydrogen-bond donors (Lipinski definition) is 8. The van der Waals surface area contributed by atoms with Gasteiger partial charge in [0.1, 0.15) is 18.1 Å². The SMILES string of the molecule is CC(O)C(NC(=O)C(N)Cc1ccccc1)C(=O)NC(CS)C(=O)NC(CCC(N)=O)C(=O)O. The van der Waals surface area contributed by atoms with E-state index in [0.29, 0.717) is 0 Å². The van der Waals surface area contributed by atoms with Crippen LogP contribution in [0.4, 0.5) is 0 Å². The Bertz CT molecular complexity index is 868. The molecule has 1 aromatic carbocycles. The highest BCUT2D eigenvalue weighted by molar-refractivity contribution is 7.80. The summed E-state index contributed by atoms with van der Waals surface area (Å²) in [5.74, 6) is -4.80. The summed E-state index contributed by atoms with van der Waals surface area (Å²) >= 11 is 4.00. The third kappa shape index (κ3) is 9.77. The van der Waals surface area contributed by atoms with Crippen LogP contribution in [-0.4, -0.2) is 75.8 Å². The molecule has 0 aliphatic rings. The van der Waals surface area contributed by atoms with Gasteiger partial charge in [-0.05, 0) is 25.3 Å². The lowest BCUT2D eigenvalue weighted by Gasteiger charge is -2.25. The van der Waals surface area contributed by atoms with Gasteiger partial charge in [0, 0.05) is 12.2 Å². The molecule has 0 radical (unpaired) electrons. The Kier molecular flexibility index (Phi) is 12.0. The zero-order chi connectivity index (χ0) is 25.8. The number of aliphatic hydroxyl groups excluding tert-OH is 1. The molecule has 5 atom stereocenters. The lowest BCUT2D eigenvalue weighted by Crippen LogP contribution is -2.60. The molecule has 0 aliphatic heterocycles. The molecule has 0 spiro atoms. The molecule has 0 fully saturated rings. The van der Waals surface area contributed by atoms with Crippen LogP contribution in [0.15, 0.2) is 30.3 Å². The number of nitrogens with one attached hydrogen (secondary N) is 3. The molecule has 5 unspecified atom stereocenters. The minimum atomic E-state index is -1.44. The van der Waals surface area contributed by atoms with Crippen molar-refractivity contribution in [2.24, 2.45) is 11.5 Å². The molecule has 0 aliphatic carbocycles. The second kappa shape index (κ2) is 14.2. The summed E-state index contributed by atoms with van der Waals surface area (Å²) in [6.45, 7) is 1.27. The minimum absolute atomic E-state index is 0.199. The first-order chi connectivity index (χ1) is 16.0. The normalized spacial score (nSPS) is 15.2. The molecule has 188 valence electrons. The third-order valence-corrected chi connectivity index (χ3v) is 5.17. The van der Waals surface area contributed by atoms with Crippen LogP contribution in [0.5, 0.6) is 0 Å². The summed E-state index contributed by atoms with van der Waals surface area (Å²) in [6, 6.07) is 3.83. The number of thiol groups is 1. The summed E-state index contributed by atoms with van der Waals surface area (Å²) < 4.78 is 0. The smallest absolute Gasteiger partial charge is 0.326 e. The molecule has 1 aromatic rings. The van der Waals surface area contributed by atoms with Crippen LogP contribution in [-0.2, 0) is 30.4 Å². The second-order valence-corrected chi connectivity index (χ2v) is 8.04. The van der Waals surface area contributed by atoms with E-state index in [1.807, 2.05) is 6.07 Å². The number of aliphatic carboxylic acids is 1. The maximum atomic E-state index is 12.7. The van der Waals surface area contributed by atoms with E-state index < -0.39 is 59.9 Å². The fourth-order valence-electron chi connectivity index (χ4n) is 2.90. The second-order valence-electron chi connectivity index (χ2n) is 7.67. The number of hydrogen-bond acceptors (Lipinski definition) is 8. The largest absolute Gasteiger partial charge is 0.480 e. The topological polar surface area (TPSA) is 214 Å². The molecule has 0 heterocycles. The van der Waals surface area contributed by atoms with Gasteiger partial charge in [-0.2, -0.15) is 12.6 Å². The lowest BCUT2D eigenvalue weighted by molar-refractivity contribution is -0.142. The number of amides is 4. The van der Waals surface area contributed by atoms with E-state index in [4.69, 9.17) is 11.5 Å². The van der Waals surface area contributed by atoms with Crippen molar-refractivity contribution in [3.05, 3.63) is 35.9 Å². The van der Waals surface area contributed by atoms with E-state index in [1.165, 1.54) is 6.92 Å². The van der Waals surface area contributed by atoms with Gasteiger partial charge in [-0.25, -0.2) is 4.79 Å². The molecule has 34 heavy (non-hydrogen) atoms. The van der Waals surface area contributed by atoms with Crippen LogP contribution in [0.25, 0.3) is 0 Å². The summed E-state index contributed by atoms with van der Waals surface area (Å²) in [5, 5.41) is 26.1. The van der Waals surface area contributed by atoms with Gasteiger partial charge in [0.15, 0.2) is 0 Å². The average molecular weight is 498 g/mol. The summed E-state index contributed by atoms with van der Waals surface area (Å²) in [4.78, 5) is 59.9. The predicted molar refractivity (Wildman–Crippen MR) is 126 cm³/mol. The van der Waals surface area contributed by atoms with Crippen molar-refractivity contribution in [3.63, 3.8) is 0 Å². The van der Waals surface area contributed by atoms with Gasteiger partial charge < -0.3 is 37.6 Å². The number of rotatable bonds is 14. The van der Waals surface area contributed by atoms with Crippen LogP contribution in [0, 0.1) is 0 Å². The molecule has 12 nitrogen and oxygen atoms in total. The maximum absolute atomic E-state index is 12.7. The van der Waals surface area contributed by atoms with Crippen molar-refractivity contribution >= 4 is 42.2 Å². The first-order valence-electron chi connectivity index (χ1n) is 10.5. The van der Waals surface area contributed by atoms with Crippen molar-refractivity contribution in [3.8, 4) is 0 Å². The molecule has 0 saturated heterocycles. The van der Waals surface area contributed by atoms with Gasteiger partial charge in [-0.15, -0.1) is 0 Å². The highest BCUT2D eigenvalue weighted by Crippen LogP contribution is 2.04. The van der Waals surface area contributed by atoms with Crippen LogP contribution in [0.3, 0.4) is 0 Å². The average Bonchev–Trinajstić information content (AvgIpc) is 2.77. The molecule has 0 bridgehead atoms. The van der Waals surface area contributed by atoms with Gasteiger partial charge in [-0.3, -0.25) is 19.2 Å². The Morgan fingerprint density at radius 2 is 1.56 bits per heavy atom. The van der Waals surface area contributed by atoms with E-state index in [1.54, 1.807) is 24.3 Å². The van der Waals surface area contributed by atoms with Gasteiger partial charge in [0.25, 0.3) is 0 Å². The predicted octanol–water partition coefficient (Wildman–Crippen LogP) is -2.33. The summed E-state index contributed by atoms with van der Waals surface area (Å²) in [6.07, 6.45) is -1.65. The highest BCUT2D eigenvalue weighted by atomic mass is 32.1. The number of carbonyl (C=O) groups is 5. The van der Waals surface area contributed by atoms with Gasteiger partial charge in [0.2, 0.25) is 23.6 Å². The van der Waals surface area contributed by atoms with E-state index in [0.717, 1.165) is 5.56 Å². The quantitative estimate of drug-likeness (QED) is 0.130. The maximum Gasteiger partial charge on any atom is 0.326 e. The first-order valence-corrected chi connectivity index (χ1v) is 11.1. The third-order valence-electron chi connectivity index (χ3n) is 4.81. The monoisotopic (exact) mass is 497 g/mol. The molecule has 4 amide bonds. The fourth-order valence-corrected chi connectivity index (χ4v) is 3.16. The molecule has 9 N–H and O–H groups in total. The van der Waals surface area contributed by atoms with Crippen LogP contribution in [0.2, 0.25) is 0 Å². The Balaban J connectivity index is 2.79. The number of primary amides is 1. The number of carboxylic acids is 1. The van der Waals surface area contributed by atoms with Crippen molar-refractivity contribution in [1.82, 2.24) is 16.0 Å². The standard InChI is InChI=1S/C21H31N5O7S/c1-11(27)17(26-18(29)13(22)9-12-5-3-2-4-6-12)20(31)25-15(10-34)19(30)24-14(21(32)33)7-8-16(23)28/h2-6,11,13-15,17,27,34H,7-10,22H2,1H3,(H2,23,28)(H,24,30)(H,25,31)(H,26,29)(H,32,33). The number of aliphatic hydroxyl groups is 1. The van der Waals surface area contributed by atoms with E-state index in [2.05, 4.69) is 28.6 Å².